The summed E-state index contributed by atoms with van der Waals surface area (Å²) < 4.78 is 5.43. The molecule has 0 spiro atoms. The summed E-state index contributed by atoms with van der Waals surface area (Å²) in [5.41, 5.74) is 8.51. The van der Waals surface area contributed by atoms with Crippen molar-refractivity contribution in [3.63, 3.8) is 0 Å². The van der Waals surface area contributed by atoms with E-state index in [4.69, 9.17) is 10.2 Å². The quantitative estimate of drug-likeness (QED) is 0.865. The maximum absolute atomic E-state index is 5.98. The van der Waals surface area contributed by atoms with Crippen LogP contribution < -0.4 is 5.73 Å². The van der Waals surface area contributed by atoms with E-state index in [0.717, 1.165) is 18.8 Å². The van der Waals surface area contributed by atoms with Crippen LogP contribution in [0.1, 0.15) is 29.9 Å². The van der Waals surface area contributed by atoms with Gasteiger partial charge < -0.3 is 10.2 Å². The zero-order chi connectivity index (χ0) is 13.7. The Hall–Kier alpha value is -1.58. The van der Waals surface area contributed by atoms with E-state index in [1.807, 2.05) is 12.1 Å². The summed E-state index contributed by atoms with van der Waals surface area (Å²) in [5, 5.41) is 0. The number of furan rings is 1. The molecule has 0 aliphatic carbocycles. The first kappa shape index (κ1) is 13.8. The second kappa shape index (κ2) is 6.55. The fraction of sp³-hybridized carbons (Fsp3) is 0.375. The van der Waals surface area contributed by atoms with Crippen LogP contribution in [0.15, 0.2) is 47.1 Å². The Morgan fingerprint density at radius 2 is 1.95 bits per heavy atom. The first-order chi connectivity index (χ1) is 9.24. The zero-order valence-electron chi connectivity index (χ0n) is 11.7. The molecule has 3 nitrogen and oxygen atoms in total. The van der Waals surface area contributed by atoms with E-state index in [1.54, 1.807) is 6.26 Å². The highest BCUT2D eigenvalue weighted by Crippen LogP contribution is 2.22. The van der Waals surface area contributed by atoms with Gasteiger partial charge >= 0.3 is 0 Å². The molecule has 1 aromatic heterocycles. The minimum absolute atomic E-state index is 0.232. The molecule has 0 radical (unpaired) electrons. The fourth-order valence-electron chi connectivity index (χ4n) is 2.33. The summed E-state index contributed by atoms with van der Waals surface area (Å²) in [4.78, 5) is 2.34. The predicted molar refractivity (Wildman–Crippen MR) is 77.8 cm³/mol. The molecule has 1 unspecified atom stereocenters. The summed E-state index contributed by atoms with van der Waals surface area (Å²) in [6.07, 6.45) is 1.71. The van der Waals surface area contributed by atoms with Gasteiger partial charge in [0.05, 0.1) is 12.8 Å². The highest BCUT2D eigenvalue weighted by Gasteiger charge is 2.18. The van der Waals surface area contributed by atoms with E-state index in [2.05, 4.69) is 43.0 Å². The Balaban J connectivity index is 2.16. The van der Waals surface area contributed by atoms with Gasteiger partial charge in [0.1, 0.15) is 5.76 Å². The lowest BCUT2D eigenvalue weighted by molar-refractivity contribution is 0.188. The predicted octanol–water partition coefficient (Wildman–Crippen LogP) is 3.11. The molecule has 2 rings (SSSR count). The van der Waals surface area contributed by atoms with Crippen LogP contribution in [0.25, 0.3) is 0 Å². The number of aryl methyl sites for hydroxylation is 1. The van der Waals surface area contributed by atoms with Gasteiger partial charge in [-0.3, -0.25) is 4.90 Å². The maximum atomic E-state index is 5.98. The molecule has 0 fully saturated rings. The Bertz CT molecular complexity index is 476. The number of nitrogens with zero attached hydrogens (tertiary/aromatic N) is 1. The highest BCUT2D eigenvalue weighted by molar-refractivity contribution is 5.24. The molecule has 3 heteroatoms. The van der Waals surface area contributed by atoms with Gasteiger partial charge in [-0.15, -0.1) is 0 Å². The molecule has 0 aliphatic rings. The first-order valence-electron chi connectivity index (χ1n) is 6.77. The molecule has 2 aromatic rings. The number of nitrogens with two attached hydrogens (primary N) is 1. The molecule has 1 atom stereocenters. The van der Waals surface area contributed by atoms with Gasteiger partial charge in [-0.2, -0.15) is 0 Å². The average molecular weight is 258 g/mol. The molecule has 2 N–H and O–H groups in total. The van der Waals surface area contributed by atoms with Crippen molar-refractivity contribution in [2.45, 2.75) is 26.4 Å². The lowest BCUT2D eigenvalue weighted by Crippen LogP contribution is -2.33. The fourth-order valence-corrected chi connectivity index (χ4v) is 2.33. The van der Waals surface area contributed by atoms with Crippen molar-refractivity contribution in [3.05, 3.63) is 59.5 Å². The van der Waals surface area contributed by atoms with Crippen LogP contribution in [0.2, 0.25) is 0 Å². The van der Waals surface area contributed by atoms with E-state index in [1.165, 1.54) is 11.1 Å². The Morgan fingerprint density at radius 1 is 1.21 bits per heavy atom. The third kappa shape index (κ3) is 3.46. The van der Waals surface area contributed by atoms with Crippen LogP contribution in [0, 0.1) is 6.92 Å². The van der Waals surface area contributed by atoms with Crippen molar-refractivity contribution >= 4 is 0 Å². The van der Waals surface area contributed by atoms with Crippen LogP contribution in [-0.4, -0.2) is 18.0 Å². The zero-order valence-corrected chi connectivity index (χ0v) is 11.7. The van der Waals surface area contributed by atoms with Crippen molar-refractivity contribution in [2.75, 3.05) is 13.1 Å². The minimum atomic E-state index is 0.232. The van der Waals surface area contributed by atoms with Gasteiger partial charge in [0, 0.05) is 12.6 Å². The monoisotopic (exact) mass is 258 g/mol. The van der Waals surface area contributed by atoms with Gasteiger partial charge in [-0.05, 0) is 31.2 Å². The molecule has 1 heterocycles. The smallest absolute Gasteiger partial charge is 0.117 e. The number of rotatable bonds is 6. The number of hydrogen-bond acceptors (Lipinski definition) is 3. The Kier molecular flexibility index (Phi) is 4.77. The summed E-state index contributed by atoms with van der Waals surface area (Å²) in [6, 6.07) is 12.8. The molecule has 1 aromatic carbocycles. The Labute approximate surface area is 115 Å². The lowest BCUT2D eigenvalue weighted by Gasteiger charge is -2.29. The molecule has 19 heavy (non-hydrogen) atoms. The Morgan fingerprint density at radius 3 is 2.47 bits per heavy atom. The number of likely N-dealkylation sites (N-methyl/N-ethyl adjacent to an activating group) is 1. The number of benzene rings is 1. The van der Waals surface area contributed by atoms with E-state index in [9.17, 15) is 0 Å². The summed E-state index contributed by atoms with van der Waals surface area (Å²) >= 11 is 0. The third-order valence-corrected chi connectivity index (χ3v) is 3.47. The first-order valence-corrected chi connectivity index (χ1v) is 6.77. The highest BCUT2D eigenvalue weighted by atomic mass is 16.3. The van der Waals surface area contributed by atoms with Crippen molar-refractivity contribution < 1.29 is 4.42 Å². The molecule has 102 valence electrons. The van der Waals surface area contributed by atoms with E-state index < -0.39 is 0 Å². The summed E-state index contributed by atoms with van der Waals surface area (Å²) in [7, 11) is 0. The van der Waals surface area contributed by atoms with Crippen LogP contribution in [0.3, 0.4) is 0 Å². The molecular formula is C16H22N2O. The SMILES string of the molecule is CCN(Cc1ccco1)C(CN)c1ccc(C)cc1. The van der Waals surface area contributed by atoms with Gasteiger partial charge in [-0.1, -0.05) is 36.8 Å². The summed E-state index contributed by atoms with van der Waals surface area (Å²) in [6.45, 7) is 6.59. The second-order valence-electron chi connectivity index (χ2n) is 4.80. The lowest BCUT2D eigenvalue weighted by atomic mass is 10.0. The molecular weight excluding hydrogens is 236 g/mol. The van der Waals surface area contributed by atoms with E-state index >= 15 is 0 Å². The second-order valence-corrected chi connectivity index (χ2v) is 4.80. The van der Waals surface area contributed by atoms with Crippen molar-refractivity contribution in [1.82, 2.24) is 4.90 Å². The third-order valence-electron chi connectivity index (χ3n) is 3.47. The number of hydrogen-bond donors (Lipinski definition) is 1. The minimum Gasteiger partial charge on any atom is -0.468 e. The van der Waals surface area contributed by atoms with Crippen LogP contribution in [-0.2, 0) is 6.54 Å². The largest absolute Gasteiger partial charge is 0.468 e. The maximum Gasteiger partial charge on any atom is 0.117 e. The molecule has 0 bridgehead atoms. The van der Waals surface area contributed by atoms with E-state index in [-0.39, 0.29) is 6.04 Å². The van der Waals surface area contributed by atoms with Gasteiger partial charge in [0.15, 0.2) is 0 Å². The standard InChI is InChI=1S/C16H22N2O/c1-3-18(12-15-5-4-10-19-15)16(11-17)14-8-6-13(2)7-9-14/h4-10,16H,3,11-12,17H2,1-2H3. The van der Waals surface area contributed by atoms with Gasteiger partial charge in [0.2, 0.25) is 0 Å². The molecule has 0 saturated heterocycles. The van der Waals surface area contributed by atoms with Crippen LogP contribution >= 0.6 is 0 Å². The summed E-state index contributed by atoms with van der Waals surface area (Å²) in [5.74, 6) is 0.979. The van der Waals surface area contributed by atoms with Crippen molar-refractivity contribution in [3.8, 4) is 0 Å². The molecule has 0 aliphatic heterocycles. The van der Waals surface area contributed by atoms with Crippen LogP contribution in [0.5, 0.6) is 0 Å². The topological polar surface area (TPSA) is 42.4 Å². The van der Waals surface area contributed by atoms with Gasteiger partial charge in [0.25, 0.3) is 0 Å². The van der Waals surface area contributed by atoms with Crippen molar-refractivity contribution in [1.29, 1.82) is 0 Å². The van der Waals surface area contributed by atoms with Gasteiger partial charge in [-0.25, -0.2) is 0 Å². The van der Waals surface area contributed by atoms with Crippen LogP contribution in [0.4, 0.5) is 0 Å². The molecule has 0 saturated carbocycles. The average Bonchev–Trinajstić information content (AvgIpc) is 2.93. The van der Waals surface area contributed by atoms with E-state index in [0.29, 0.717) is 6.54 Å². The normalized spacial score (nSPS) is 12.8. The molecule has 0 amide bonds. The van der Waals surface area contributed by atoms with Crippen molar-refractivity contribution in [2.24, 2.45) is 5.73 Å².